The van der Waals surface area contributed by atoms with Crippen LogP contribution in [-0.2, 0) is 4.74 Å². The number of nitrogens with two attached hydrogens (primary N) is 1. The molecule has 1 aromatic rings. The van der Waals surface area contributed by atoms with Crippen LogP contribution in [0.15, 0.2) is 21.9 Å². The molecule has 2 heterocycles. The molecule has 2 rings (SSSR count). The summed E-state index contributed by atoms with van der Waals surface area (Å²) in [4.78, 5) is 25.0. The molecule has 1 aliphatic heterocycles. The van der Waals surface area contributed by atoms with Crippen molar-refractivity contribution in [1.29, 1.82) is 0 Å². The third-order valence-corrected chi connectivity index (χ3v) is 3.45. The quantitative estimate of drug-likeness (QED) is 0.460. The van der Waals surface area contributed by atoms with Crippen molar-refractivity contribution in [1.82, 2.24) is 9.55 Å². The Morgan fingerprint density at radius 3 is 2.86 bits per heavy atom. The van der Waals surface area contributed by atoms with Crippen LogP contribution < -0.4 is 17.0 Å². The van der Waals surface area contributed by atoms with E-state index in [9.17, 15) is 24.2 Å². The second-order valence-corrected chi connectivity index (χ2v) is 5.02. The van der Waals surface area contributed by atoms with Gasteiger partial charge in [0.05, 0.1) is 6.10 Å². The SMILES string of the molecule is C[C@@H](O)[C@H]1O[C@@H](n2ccc(=O)[nH]c2=O)C(N)(C#CCF)[C@H]1O. The van der Waals surface area contributed by atoms with Crippen molar-refractivity contribution in [3.05, 3.63) is 33.1 Å². The van der Waals surface area contributed by atoms with E-state index in [1.54, 1.807) is 0 Å². The summed E-state index contributed by atoms with van der Waals surface area (Å²) >= 11 is 0. The Kier molecular flexibility index (Phi) is 4.48. The number of H-pyrrole nitrogens is 1. The highest BCUT2D eigenvalue weighted by molar-refractivity contribution is 5.26. The van der Waals surface area contributed by atoms with Gasteiger partial charge in [0, 0.05) is 12.3 Å². The van der Waals surface area contributed by atoms with Crippen LogP contribution in [0.2, 0.25) is 0 Å². The Balaban J connectivity index is 2.55. The van der Waals surface area contributed by atoms with Crippen molar-refractivity contribution in [3.63, 3.8) is 0 Å². The maximum atomic E-state index is 12.3. The molecule has 0 radical (unpaired) electrons. The number of halogens is 1. The molecule has 0 saturated carbocycles. The number of aromatic amines is 1. The highest BCUT2D eigenvalue weighted by Gasteiger charge is 2.55. The molecule has 9 heteroatoms. The van der Waals surface area contributed by atoms with Gasteiger partial charge >= 0.3 is 5.69 Å². The van der Waals surface area contributed by atoms with E-state index in [1.807, 2.05) is 4.98 Å². The van der Waals surface area contributed by atoms with Crippen molar-refractivity contribution in [2.45, 2.75) is 37.0 Å². The highest BCUT2D eigenvalue weighted by atomic mass is 19.1. The van der Waals surface area contributed by atoms with Crippen LogP contribution in [-0.4, -0.2) is 50.3 Å². The van der Waals surface area contributed by atoms with Gasteiger partial charge in [0.1, 0.15) is 18.9 Å². The first-order valence-electron chi connectivity index (χ1n) is 6.49. The predicted molar refractivity (Wildman–Crippen MR) is 73.6 cm³/mol. The van der Waals surface area contributed by atoms with Crippen LogP contribution in [0, 0.1) is 11.8 Å². The van der Waals surface area contributed by atoms with E-state index in [-0.39, 0.29) is 0 Å². The fourth-order valence-corrected chi connectivity index (χ4v) is 2.36. The van der Waals surface area contributed by atoms with Crippen LogP contribution in [0.1, 0.15) is 13.2 Å². The molecule has 22 heavy (non-hydrogen) atoms. The molecule has 0 bridgehead atoms. The number of hydrogen-bond acceptors (Lipinski definition) is 6. The number of aromatic nitrogens is 2. The number of hydrogen-bond donors (Lipinski definition) is 4. The fourth-order valence-electron chi connectivity index (χ4n) is 2.36. The van der Waals surface area contributed by atoms with Crippen molar-refractivity contribution in [2.75, 3.05) is 6.67 Å². The molecule has 0 aromatic carbocycles. The molecule has 8 nitrogen and oxygen atoms in total. The van der Waals surface area contributed by atoms with Gasteiger partial charge in [-0.15, -0.1) is 0 Å². The maximum Gasteiger partial charge on any atom is 0.330 e. The molecule has 0 amide bonds. The smallest absolute Gasteiger partial charge is 0.330 e. The van der Waals surface area contributed by atoms with E-state index >= 15 is 0 Å². The Bertz CT molecular complexity index is 719. The minimum Gasteiger partial charge on any atom is -0.391 e. The second-order valence-electron chi connectivity index (χ2n) is 5.02. The lowest BCUT2D eigenvalue weighted by Gasteiger charge is -2.27. The average Bonchev–Trinajstić information content (AvgIpc) is 2.70. The zero-order valence-corrected chi connectivity index (χ0v) is 11.7. The Morgan fingerprint density at radius 2 is 2.32 bits per heavy atom. The number of aliphatic hydroxyl groups excluding tert-OH is 2. The van der Waals surface area contributed by atoms with Crippen molar-refractivity contribution in [3.8, 4) is 11.8 Å². The number of alkyl halides is 1. The van der Waals surface area contributed by atoms with Crippen molar-refractivity contribution >= 4 is 0 Å². The molecular formula is C13H16FN3O5. The summed E-state index contributed by atoms with van der Waals surface area (Å²) in [6, 6.07) is 1.07. The Morgan fingerprint density at radius 1 is 1.64 bits per heavy atom. The Hall–Kier alpha value is -1.99. The Labute approximate surface area is 124 Å². The molecule has 1 aromatic heterocycles. The summed E-state index contributed by atoms with van der Waals surface area (Å²) in [6.07, 6.45) is -3.86. The monoisotopic (exact) mass is 313 g/mol. The van der Waals surface area contributed by atoms with Gasteiger partial charge in [-0.1, -0.05) is 11.8 Å². The summed E-state index contributed by atoms with van der Waals surface area (Å²) < 4.78 is 18.7. The maximum absolute atomic E-state index is 12.3. The summed E-state index contributed by atoms with van der Waals surface area (Å²) in [7, 11) is 0. The van der Waals surface area contributed by atoms with Gasteiger partial charge in [0.2, 0.25) is 0 Å². The zero-order chi connectivity index (χ0) is 16.5. The van der Waals surface area contributed by atoms with Gasteiger partial charge in [-0.25, -0.2) is 9.18 Å². The molecular weight excluding hydrogens is 297 g/mol. The molecule has 5 atom stereocenters. The van der Waals surface area contributed by atoms with Gasteiger partial charge in [0.15, 0.2) is 11.8 Å². The summed E-state index contributed by atoms with van der Waals surface area (Å²) in [5.74, 6) is 4.45. The lowest BCUT2D eigenvalue weighted by atomic mass is 9.90. The molecule has 1 aliphatic rings. The molecule has 0 aliphatic carbocycles. The number of rotatable bonds is 2. The van der Waals surface area contributed by atoms with Crippen LogP contribution in [0.3, 0.4) is 0 Å². The van der Waals surface area contributed by atoms with Crippen LogP contribution >= 0.6 is 0 Å². The zero-order valence-electron chi connectivity index (χ0n) is 11.7. The van der Waals surface area contributed by atoms with Gasteiger partial charge in [-0.3, -0.25) is 14.3 Å². The van der Waals surface area contributed by atoms with Gasteiger partial charge in [-0.2, -0.15) is 0 Å². The number of ether oxygens (including phenoxy) is 1. The number of aliphatic hydroxyl groups is 2. The van der Waals surface area contributed by atoms with Crippen LogP contribution in [0.5, 0.6) is 0 Å². The fraction of sp³-hybridized carbons (Fsp3) is 0.538. The minimum absolute atomic E-state index is 0.621. The molecule has 1 saturated heterocycles. The molecule has 5 N–H and O–H groups in total. The highest BCUT2D eigenvalue weighted by Crippen LogP contribution is 2.36. The molecule has 1 unspecified atom stereocenters. The topological polar surface area (TPSA) is 131 Å². The van der Waals surface area contributed by atoms with Gasteiger partial charge in [-0.05, 0) is 6.92 Å². The van der Waals surface area contributed by atoms with E-state index in [0.29, 0.717) is 0 Å². The summed E-state index contributed by atoms with van der Waals surface area (Å²) in [5.41, 5.74) is 2.75. The molecule has 0 spiro atoms. The third kappa shape index (κ3) is 2.69. The molecule has 1 fully saturated rings. The van der Waals surface area contributed by atoms with Gasteiger partial charge < -0.3 is 20.7 Å². The largest absolute Gasteiger partial charge is 0.391 e. The third-order valence-electron chi connectivity index (χ3n) is 3.45. The number of nitrogens with zero attached hydrogens (tertiary/aromatic N) is 1. The van der Waals surface area contributed by atoms with Crippen molar-refractivity contribution < 1.29 is 19.3 Å². The van der Waals surface area contributed by atoms with E-state index in [0.717, 1.165) is 16.8 Å². The van der Waals surface area contributed by atoms with E-state index < -0.39 is 48.0 Å². The number of nitrogens with one attached hydrogen (secondary N) is 1. The molecule has 120 valence electrons. The standard InChI is InChI=1S/C13H16FN3O5/c1-7(18)9-10(20)13(15,4-2-5-14)11(22-9)17-6-3-8(19)16-12(17)21/h3,6-7,9-11,18,20H,5,15H2,1H3,(H,16,19,21)/t7-,9-,10+,11-,13?/m1/s1. The lowest BCUT2D eigenvalue weighted by Crippen LogP contribution is -2.55. The normalized spacial score (nSPS) is 32.3. The first-order valence-corrected chi connectivity index (χ1v) is 6.49. The van der Waals surface area contributed by atoms with E-state index in [1.165, 1.54) is 6.92 Å². The van der Waals surface area contributed by atoms with Crippen LogP contribution in [0.4, 0.5) is 4.39 Å². The summed E-state index contributed by atoms with van der Waals surface area (Å²) in [6.45, 7) is 0.368. The average molecular weight is 313 g/mol. The predicted octanol–water partition coefficient (Wildman–Crippen LogP) is -2.15. The lowest BCUT2D eigenvalue weighted by molar-refractivity contribution is -0.0778. The van der Waals surface area contributed by atoms with E-state index in [2.05, 4.69) is 11.8 Å². The van der Waals surface area contributed by atoms with Gasteiger partial charge in [0.25, 0.3) is 5.56 Å². The minimum atomic E-state index is -1.82. The second kappa shape index (κ2) is 6.02. The van der Waals surface area contributed by atoms with E-state index in [4.69, 9.17) is 10.5 Å². The first-order chi connectivity index (χ1) is 10.3. The summed E-state index contributed by atoms with van der Waals surface area (Å²) in [5, 5.41) is 19.9. The first kappa shape index (κ1) is 16.4. The van der Waals surface area contributed by atoms with Crippen molar-refractivity contribution in [2.24, 2.45) is 5.73 Å². The van der Waals surface area contributed by atoms with Crippen LogP contribution in [0.25, 0.3) is 0 Å².